The predicted octanol–water partition coefficient (Wildman–Crippen LogP) is 4.27. The minimum absolute atomic E-state index is 0.179. The molecule has 0 bridgehead atoms. The summed E-state index contributed by atoms with van der Waals surface area (Å²) in [4.78, 5) is 24.1. The molecule has 0 atom stereocenters. The van der Waals surface area contributed by atoms with E-state index in [9.17, 15) is 22.8 Å². The van der Waals surface area contributed by atoms with Crippen LogP contribution >= 0.6 is 11.3 Å². The van der Waals surface area contributed by atoms with Crippen molar-refractivity contribution in [3.63, 3.8) is 0 Å². The van der Waals surface area contributed by atoms with Gasteiger partial charge >= 0.3 is 12.1 Å². The van der Waals surface area contributed by atoms with E-state index in [1.165, 1.54) is 17.4 Å². The van der Waals surface area contributed by atoms with Gasteiger partial charge in [-0.05, 0) is 54.3 Å². The molecule has 0 saturated heterocycles. The van der Waals surface area contributed by atoms with Crippen LogP contribution in [0.1, 0.15) is 16.0 Å². The van der Waals surface area contributed by atoms with E-state index in [-0.39, 0.29) is 5.69 Å². The number of halogens is 3. The normalized spacial score (nSPS) is 11.5. The van der Waals surface area contributed by atoms with Gasteiger partial charge in [0.15, 0.2) is 6.61 Å². The first-order chi connectivity index (χ1) is 11.8. The third kappa shape index (κ3) is 5.75. The minimum Gasteiger partial charge on any atom is -0.452 e. The fourth-order valence-corrected chi connectivity index (χ4v) is 2.64. The number of alkyl halides is 3. The van der Waals surface area contributed by atoms with Crippen LogP contribution < -0.4 is 5.32 Å². The number of nitrogens with one attached hydrogen (secondary N) is 1. The number of amides is 1. The molecule has 0 aliphatic rings. The van der Waals surface area contributed by atoms with Crippen LogP contribution in [0.4, 0.5) is 18.9 Å². The molecule has 4 nitrogen and oxygen atoms in total. The lowest BCUT2D eigenvalue weighted by Gasteiger charge is -2.08. The van der Waals surface area contributed by atoms with Crippen LogP contribution in [0.15, 0.2) is 41.8 Å². The van der Waals surface area contributed by atoms with Crippen molar-refractivity contribution in [3.05, 3.63) is 57.8 Å². The average molecular weight is 369 g/mol. The van der Waals surface area contributed by atoms with Gasteiger partial charge in [-0.25, -0.2) is 4.79 Å². The Morgan fingerprint density at radius 3 is 2.44 bits per heavy atom. The summed E-state index contributed by atoms with van der Waals surface area (Å²) >= 11 is 1.47. The Balaban J connectivity index is 1.81. The molecule has 1 amide bonds. The Morgan fingerprint density at radius 2 is 1.88 bits per heavy atom. The lowest BCUT2D eigenvalue weighted by Crippen LogP contribution is -2.20. The fraction of sp³-hybridized carbons (Fsp3) is 0.176. The van der Waals surface area contributed by atoms with E-state index in [1.807, 2.05) is 18.4 Å². The number of benzene rings is 1. The molecule has 132 valence electrons. The van der Waals surface area contributed by atoms with E-state index in [0.717, 1.165) is 34.7 Å². The summed E-state index contributed by atoms with van der Waals surface area (Å²) < 4.78 is 42.1. The molecule has 0 aliphatic heterocycles. The van der Waals surface area contributed by atoms with Crippen LogP contribution in [-0.4, -0.2) is 18.5 Å². The van der Waals surface area contributed by atoms with E-state index in [2.05, 4.69) is 5.32 Å². The number of carbonyl (C=O) groups is 2. The van der Waals surface area contributed by atoms with Gasteiger partial charge in [0, 0.05) is 16.6 Å². The van der Waals surface area contributed by atoms with Crippen molar-refractivity contribution in [2.75, 3.05) is 11.9 Å². The monoisotopic (exact) mass is 369 g/mol. The molecular formula is C17H14F3NO3S. The molecule has 25 heavy (non-hydrogen) atoms. The molecule has 8 heteroatoms. The Kier molecular flexibility index (Phi) is 5.97. The van der Waals surface area contributed by atoms with Crippen molar-refractivity contribution in [3.8, 4) is 0 Å². The quantitative estimate of drug-likeness (QED) is 0.633. The first kappa shape index (κ1) is 18.7. The highest BCUT2D eigenvalue weighted by Crippen LogP contribution is 2.29. The minimum atomic E-state index is -4.44. The van der Waals surface area contributed by atoms with E-state index < -0.39 is 30.2 Å². The number of rotatable bonds is 5. The van der Waals surface area contributed by atoms with Crippen LogP contribution in [0.3, 0.4) is 0 Å². The first-order valence-corrected chi connectivity index (χ1v) is 8.00. The number of ether oxygens (including phenoxy) is 1. The molecule has 0 radical (unpaired) electrons. The molecule has 2 rings (SSSR count). The van der Waals surface area contributed by atoms with Crippen molar-refractivity contribution < 1.29 is 27.5 Å². The largest absolute Gasteiger partial charge is 0.452 e. The van der Waals surface area contributed by atoms with Crippen molar-refractivity contribution in [2.24, 2.45) is 0 Å². The molecule has 0 fully saturated rings. The van der Waals surface area contributed by atoms with Crippen molar-refractivity contribution in [1.82, 2.24) is 0 Å². The molecule has 2 aromatic rings. The number of hydrogen-bond donors (Lipinski definition) is 1. The average Bonchev–Trinajstić information content (AvgIpc) is 2.96. The number of thiophene rings is 1. The summed E-state index contributed by atoms with van der Waals surface area (Å²) in [7, 11) is 0. The predicted molar refractivity (Wildman–Crippen MR) is 89.1 cm³/mol. The first-order valence-electron chi connectivity index (χ1n) is 7.12. The summed E-state index contributed by atoms with van der Waals surface area (Å²) in [6.45, 7) is 1.37. The molecule has 0 aliphatic carbocycles. The van der Waals surface area contributed by atoms with Gasteiger partial charge in [0.25, 0.3) is 5.91 Å². The topological polar surface area (TPSA) is 55.4 Å². The van der Waals surface area contributed by atoms with Crippen LogP contribution in [0.25, 0.3) is 6.08 Å². The number of aryl methyl sites for hydroxylation is 1. The van der Waals surface area contributed by atoms with Gasteiger partial charge in [0.1, 0.15) is 0 Å². The smallest absolute Gasteiger partial charge is 0.416 e. The second-order valence-corrected chi connectivity index (χ2v) is 5.98. The van der Waals surface area contributed by atoms with Gasteiger partial charge in [-0.3, -0.25) is 4.79 Å². The molecule has 1 heterocycles. The van der Waals surface area contributed by atoms with Gasteiger partial charge in [0.2, 0.25) is 0 Å². The van der Waals surface area contributed by atoms with Gasteiger partial charge in [0.05, 0.1) is 5.56 Å². The highest BCUT2D eigenvalue weighted by atomic mass is 32.1. The van der Waals surface area contributed by atoms with Crippen molar-refractivity contribution >= 4 is 35.0 Å². The highest BCUT2D eigenvalue weighted by molar-refractivity contribution is 7.11. The maximum absolute atomic E-state index is 12.4. The second kappa shape index (κ2) is 7.98. The molecule has 0 unspecified atom stereocenters. The van der Waals surface area contributed by atoms with E-state index in [4.69, 9.17) is 4.74 Å². The molecule has 0 spiro atoms. The molecule has 1 N–H and O–H groups in total. The standard InChI is InChI=1S/C17H14F3NO3S/c1-11-8-9-25-14(11)6-7-16(23)24-10-15(22)21-13-4-2-12(3-5-13)17(18,19)20/h2-9H,10H2,1H3,(H,21,22)/b7-6+. The third-order valence-electron chi connectivity index (χ3n) is 3.11. The van der Waals surface area contributed by atoms with Crippen molar-refractivity contribution in [2.45, 2.75) is 13.1 Å². The Bertz CT molecular complexity index is 779. The van der Waals surface area contributed by atoms with Gasteiger partial charge in [-0.2, -0.15) is 13.2 Å². The van der Waals surface area contributed by atoms with E-state index >= 15 is 0 Å². The van der Waals surface area contributed by atoms with Gasteiger partial charge in [-0.15, -0.1) is 11.3 Å². The maximum Gasteiger partial charge on any atom is 0.416 e. The zero-order valence-corrected chi connectivity index (χ0v) is 13.9. The second-order valence-electron chi connectivity index (χ2n) is 5.03. The SMILES string of the molecule is Cc1ccsc1/C=C/C(=O)OCC(=O)Nc1ccc(C(F)(F)F)cc1. The van der Waals surface area contributed by atoms with Crippen LogP contribution in [-0.2, 0) is 20.5 Å². The van der Waals surface area contributed by atoms with Crippen LogP contribution in [0.5, 0.6) is 0 Å². The summed E-state index contributed by atoms with van der Waals surface area (Å²) in [5.41, 5.74) is 0.388. The molecule has 1 aromatic heterocycles. The van der Waals surface area contributed by atoms with E-state index in [1.54, 1.807) is 6.08 Å². The number of hydrogen-bond acceptors (Lipinski definition) is 4. The van der Waals surface area contributed by atoms with Gasteiger partial charge < -0.3 is 10.1 Å². The summed E-state index contributed by atoms with van der Waals surface area (Å²) in [5.74, 6) is -1.33. The zero-order chi connectivity index (χ0) is 18.4. The third-order valence-corrected chi connectivity index (χ3v) is 4.10. The van der Waals surface area contributed by atoms with Crippen molar-refractivity contribution in [1.29, 1.82) is 0 Å². The fourth-order valence-electron chi connectivity index (χ4n) is 1.82. The van der Waals surface area contributed by atoms with E-state index in [0.29, 0.717) is 0 Å². The maximum atomic E-state index is 12.4. The number of esters is 1. The Hall–Kier alpha value is -2.61. The lowest BCUT2D eigenvalue weighted by atomic mass is 10.2. The summed E-state index contributed by atoms with van der Waals surface area (Å²) in [6.07, 6.45) is -1.63. The van der Waals surface area contributed by atoms with Crippen LogP contribution in [0, 0.1) is 6.92 Å². The molecule has 0 saturated carbocycles. The molecular weight excluding hydrogens is 355 g/mol. The number of carbonyl (C=O) groups excluding carboxylic acids is 2. The summed E-state index contributed by atoms with van der Waals surface area (Å²) in [5, 5.41) is 4.24. The molecule has 1 aromatic carbocycles. The Morgan fingerprint density at radius 1 is 1.20 bits per heavy atom. The summed E-state index contributed by atoms with van der Waals surface area (Å²) in [6, 6.07) is 5.87. The van der Waals surface area contributed by atoms with Crippen LogP contribution in [0.2, 0.25) is 0 Å². The highest BCUT2D eigenvalue weighted by Gasteiger charge is 2.29. The zero-order valence-electron chi connectivity index (χ0n) is 13.1. The Labute approximate surface area is 145 Å². The van der Waals surface area contributed by atoms with Gasteiger partial charge in [-0.1, -0.05) is 0 Å². The number of anilines is 1. The lowest BCUT2D eigenvalue weighted by molar-refractivity contribution is -0.142.